The first kappa shape index (κ1) is 19.6. The van der Waals surface area contributed by atoms with E-state index in [4.69, 9.17) is 10.5 Å². The fraction of sp³-hybridized carbons (Fsp3) is 0.467. The van der Waals surface area contributed by atoms with Crippen LogP contribution in [-0.4, -0.2) is 29.9 Å². The van der Waals surface area contributed by atoms with E-state index in [2.05, 4.69) is 5.32 Å². The molecular weight excluding hydrogens is 334 g/mol. The number of rotatable bonds is 4. The van der Waals surface area contributed by atoms with E-state index in [0.29, 0.717) is 10.6 Å². The summed E-state index contributed by atoms with van der Waals surface area (Å²) in [6.45, 7) is 8.33. The number of ether oxygens (including phenoxy) is 1. The van der Waals surface area contributed by atoms with Gasteiger partial charge in [-0.25, -0.2) is 9.59 Å². The summed E-state index contributed by atoms with van der Waals surface area (Å²) in [6, 6.07) is 0.626. The van der Waals surface area contributed by atoms with Gasteiger partial charge in [-0.15, -0.1) is 11.3 Å². The third kappa shape index (κ3) is 5.34. The molecule has 9 heteroatoms. The largest absolute Gasteiger partial charge is 0.448 e. The van der Waals surface area contributed by atoms with Crippen LogP contribution in [0.1, 0.15) is 42.9 Å². The second-order valence-electron chi connectivity index (χ2n) is 6.23. The molecule has 0 saturated carbocycles. The van der Waals surface area contributed by atoms with E-state index in [-0.39, 0.29) is 10.8 Å². The Labute approximate surface area is 143 Å². The number of aryl methyl sites for hydroxylation is 1. The van der Waals surface area contributed by atoms with Crippen LogP contribution in [0.4, 0.5) is 9.80 Å². The zero-order chi connectivity index (χ0) is 18.7. The van der Waals surface area contributed by atoms with Gasteiger partial charge in [0.15, 0.2) is 6.10 Å². The summed E-state index contributed by atoms with van der Waals surface area (Å²) in [5, 5.41) is 5.07. The van der Waals surface area contributed by atoms with Crippen LogP contribution in [0.25, 0.3) is 0 Å². The lowest BCUT2D eigenvalue weighted by molar-refractivity contribution is -0.127. The number of carbonyl (C=O) groups excluding carboxylic acids is 4. The van der Waals surface area contributed by atoms with Gasteiger partial charge in [-0.2, -0.15) is 0 Å². The van der Waals surface area contributed by atoms with Gasteiger partial charge in [0.1, 0.15) is 4.88 Å². The van der Waals surface area contributed by atoms with Gasteiger partial charge in [0.25, 0.3) is 5.91 Å². The standard InChI is InChI=1S/C15H21N3O5S/c1-7-6-9(17-13(21)15(3,4)5)24-10(7)12(20)23-8(2)11(19)18-14(16)22/h6,8H,1-5H3,(H,17,21)(H3,16,18,19,22). The van der Waals surface area contributed by atoms with Crippen LogP contribution in [0.2, 0.25) is 0 Å². The summed E-state index contributed by atoms with van der Waals surface area (Å²) in [4.78, 5) is 46.5. The number of hydrogen-bond acceptors (Lipinski definition) is 6. The van der Waals surface area contributed by atoms with Crippen molar-refractivity contribution in [1.82, 2.24) is 5.32 Å². The molecule has 24 heavy (non-hydrogen) atoms. The highest BCUT2D eigenvalue weighted by molar-refractivity contribution is 7.18. The molecule has 132 valence electrons. The van der Waals surface area contributed by atoms with E-state index in [1.807, 2.05) is 5.32 Å². The normalized spacial score (nSPS) is 12.2. The maximum atomic E-state index is 12.1. The smallest absolute Gasteiger partial charge is 0.349 e. The lowest BCUT2D eigenvalue weighted by Crippen LogP contribution is -2.42. The Morgan fingerprint density at radius 3 is 2.33 bits per heavy atom. The second kappa shape index (κ2) is 7.43. The summed E-state index contributed by atoms with van der Waals surface area (Å²) in [7, 11) is 0. The maximum absolute atomic E-state index is 12.1. The Morgan fingerprint density at radius 1 is 1.25 bits per heavy atom. The highest BCUT2D eigenvalue weighted by atomic mass is 32.1. The van der Waals surface area contributed by atoms with Gasteiger partial charge >= 0.3 is 12.0 Å². The molecule has 1 aromatic heterocycles. The number of anilines is 1. The van der Waals surface area contributed by atoms with E-state index in [1.165, 1.54) is 6.92 Å². The number of urea groups is 1. The van der Waals surface area contributed by atoms with Crippen LogP contribution in [0, 0.1) is 12.3 Å². The van der Waals surface area contributed by atoms with Gasteiger partial charge in [0, 0.05) is 5.41 Å². The first-order valence-corrected chi connectivity index (χ1v) is 7.96. The maximum Gasteiger partial charge on any atom is 0.349 e. The third-order valence-electron chi connectivity index (χ3n) is 2.92. The van der Waals surface area contributed by atoms with Crippen LogP contribution in [0.5, 0.6) is 0 Å². The minimum atomic E-state index is -1.18. The van der Waals surface area contributed by atoms with Gasteiger partial charge in [-0.05, 0) is 25.5 Å². The molecule has 4 amide bonds. The molecule has 8 nitrogen and oxygen atoms in total. The molecule has 4 N–H and O–H groups in total. The molecule has 0 bridgehead atoms. The number of esters is 1. The molecule has 1 unspecified atom stereocenters. The average molecular weight is 355 g/mol. The second-order valence-corrected chi connectivity index (χ2v) is 7.28. The molecule has 1 heterocycles. The Balaban J connectivity index is 2.80. The Bertz CT molecular complexity index is 675. The average Bonchev–Trinajstić information content (AvgIpc) is 2.77. The quantitative estimate of drug-likeness (QED) is 0.709. The first-order valence-electron chi connectivity index (χ1n) is 7.15. The highest BCUT2D eigenvalue weighted by Gasteiger charge is 2.25. The van der Waals surface area contributed by atoms with E-state index in [9.17, 15) is 19.2 Å². The molecule has 1 atom stereocenters. The molecule has 0 aromatic carbocycles. The van der Waals surface area contributed by atoms with Crippen LogP contribution in [-0.2, 0) is 14.3 Å². The number of nitrogens with one attached hydrogen (secondary N) is 2. The lowest BCUT2D eigenvalue weighted by Gasteiger charge is -2.16. The van der Waals surface area contributed by atoms with E-state index in [1.54, 1.807) is 33.8 Å². The van der Waals surface area contributed by atoms with Crippen molar-refractivity contribution in [1.29, 1.82) is 0 Å². The van der Waals surface area contributed by atoms with Crippen molar-refractivity contribution >= 4 is 40.2 Å². The third-order valence-corrected chi connectivity index (χ3v) is 4.05. The zero-order valence-corrected chi connectivity index (χ0v) is 15.0. The van der Waals surface area contributed by atoms with Crippen molar-refractivity contribution in [3.05, 3.63) is 16.5 Å². The van der Waals surface area contributed by atoms with Gasteiger partial charge < -0.3 is 15.8 Å². The molecule has 0 fully saturated rings. The minimum Gasteiger partial charge on any atom is -0.448 e. The summed E-state index contributed by atoms with van der Waals surface area (Å²) < 4.78 is 5.00. The Kier molecular flexibility index (Phi) is 6.08. The molecule has 0 aliphatic carbocycles. The summed E-state index contributed by atoms with van der Waals surface area (Å²) >= 11 is 1.05. The van der Waals surface area contributed by atoms with Gasteiger partial charge in [-0.1, -0.05) is 20.8 Å². The number of amides is 4. The molecule has 0 radical (unpaired) electrons. The van der Waals surface area contributed by atoms with Crippen molar-refractivity contribution in [2.24, 2.45) is 11.1 Å². The molecule has 0 spiro atoms. The van der Waals surface area contributed by atoms with E-state index < -0.39 is 29.4 Å². The topological polar surface area (TPSA) is 128 Å². The predicted octanol–water partition coefficient (Wildman–Crippen LogP) is 1.78. The van der Waals surface area contributed by atoms with Gasteiger partial charge in [0.2, 0.25) is 5.91 Å². The van der Waals surface area contributed by atoms with E-state index >= 15 is 0 Å². The molecular formula is C15H21N3O5S. The SMILES string of the molecule is Cc1cc(NC(=O)C(C)(C)C)sc1C(=O)OC(C)C(=O)NC(N)=O. The van der Waals surface area contributed by atoms with Gasteiger partial charge in [-0.3, -0.25) is 14.9 Å². The first-order chi connectivity index (χ1) is 10.9. The van der Waals surface area contributed by atoms with Crippen molar-refractivity contribution in [3.63, 3.8) is 0 Å². The number of hydrogen-bond donors (Lipinski definition) is 3. The summed E-state index contributed by atoms with van der Waals surface area (Å²) in [6.07, 6.45) is -1.18. The van der Waals surface area contributed by atoms with Gasteiger partial charge in [0.05, 0.1) is 5.00 Å². The molecule has 0 aliphatic rings. The summed E-state index contributed by atoms with van der Waals surface area (Å²) in [5.74, 6) is -1.72. The van der Waals surface area contributed by atoms with E-state index in [0.717, 1.165) is 11.3 Å². The van der Waals surface area contributed by atoms with Crippen LogP contribution >= 0.6 is 11.3 Å². The van der Waals surface area contributed by atoms with Crippen LogP contribution < -0.4 is 16.4 Å². The predicted molar refractivity (Wildman–Crippen MR) is 89.7 cm³/mol. The minimum absolute atomic E-state index is 0.183. The molecule has 0 aliphatic heterocycles. The highest BCUT2D eigenvalue weighted by Crippen LogP contribution is 2.29. The number of primary amides is 1. The number of nitrogens with two attached hydrogens (primary N) is 1. The number of imide groups is 1. The zero-order valence-electron chi connectivity index (χ0n) is 14.2. The van der Waals surface area contributed by atoms with Crippen molar-refractivity contribution < 1.29 is 23.9 Å². The number of thiophene rings is 1. The van der Waals surface area contributed by atoms with Crippen molar-refractivity contribution in [2.75, 3.05) is 5.32 Å². The van der Waals surface area contributed by atoms with Crippen LogP contribution in [0.3, 0.4) is 0 Å². The summed E-state index contributed by atoms with van der Waals surface area (Å²) in [5.41, 5.74) is 4.87. The van der Waals surface area contributed by atoms with Crippen LogP contribution in [0.15, 0.2) is 6.07 Å². The van der Waals surface area contributed by atoms with Crippen molar-refractivity contribution in [2.45, 2.75) is 40.7 Å². The van der Waals surface area contributed by atoms with Crippen molar-refractivity contribution in [3.8, 4) is 0 Å². The fourth-order valence-electron chi connectivity index (χ4n) is 1.54. The molecule has 0 saturated heterocycles. The molecule has 1 rings (SSSR count). The lowest BCUT2D eigenvalue weighted by atomic mass is 9.96. The monoisotopic (exact) mass is 355 g/mol. The fourth-order valence-corrected chi connectivity index (χ4v) is 2.49. The molecule has 1 aromatic rings. The Morgan fingerprint density at radius 2 is 1.83 bits per heavy atom. The Hall–Kier alpha value is -2.42. The number of carbonyl (C=O) groups is 4.